The Labute approximate surface area is 162 Å². The fraction of sp³-hybridized carbons (Fsp3) is 0.350. The number of aliphatic hydroxyl groups excluding tert-OH is 1. The summed E-state index contributed by atoms with van der Waals surface area (Å²) < 4.78 is 24.9. The monoisotopic (exact) mass is 393 g/mol. The number of amides is 1. The van der Waals surface area contributed by atoms with Crippen LogP contribution >= 0.6 is 11.6 Å². The number of hydrogen-bond donors (Lipinski definition) is 1. The van der Waals surface area contributed by atoms with E-state index in [1.165, 1.54) is 17.0 Å². The first-order valence-corrected chi connectivity index (χ1v) is 9.01. The van der Waals surface area contributed by atoms with E-state index in [1.807, 2.05) is 0 Å². The molecule has 1 N–H and O–H groups in total. The SMILES string of the molecule is COc1ccc(OCc2c(Cl)cc(F)cc2[C@H](C)N2CCC(O)C2=O)cc1. The maximum Gasteiger partial charge on any atom is 0.251 e. The minimum Gasteiger partial charge on any atom is -0.497 e. The largest absolute Gasteiger partial charge is 0.497 e. The van der Waals surface area contributed by atoms with E-state index in [0.29, 0.717) is 35.6 Å². The minimum absolute atomic E-state index is 0.121. The van der Waals surface area contributed by atoms with Gasteiger partial charge in [-0.1, -0.05) is 11.6 Å². The van der Waals surface area contributed by atoms with Crippen LogP contribution in [0.5, 0.6) is 11.5 Å². The van der Waals surface area contributed by atoms with Crippen molar-refractivity contribution in [1.82, 2.24) is 4.90 Å². The zero-order valence-corrected chi connectivity index (χ0v) is 15.9. The third-order valence-corrected chi connectivity index (χ3v) is 5.10. The summed E-state index contributed by atoms with van der Waals surface area (Å²) in [4.78, 5) is 13.7. The van der Waals surface area contributed by atoms with Crippen LogP contribution in [0.4, 0.5) is 4.39 Å². The van der Waals surface area contributed by atoms with Gasteiger partial charge in [-0.05, 0) is 55.3 Å². The highest BCUT2D eigenvalue weighted by Gasteiger charge is 2.34. The van der Waals surface area contributed by atoms with Crippen molar-refractivity contribution in [2.75, 3.05) is 13.7 Å². The van der Waals surface area contributed by atoms with Gasteiger partial charge < -0.3 is 19.5 Å². The third kappa shape index (κ3) is 4.17. The molecule has 3 rings (SSSR count). The van der Waals surface area contributed by atoms with Crippen molar-refractivity contribution >= 4 is 17.5 Å². The Hall–Kier alpha value is -2.31. The number of methoxy groups -OCH3 is 1. The van der Waals surface area contributed by atoms with Crippen LogP contribution in [0.2, 0.25) is 5.02 Å². The second-order valence-electron chi connectivity index (χ2n) is 6.43. The summed E-state index contributed by atoms with van der Waals surface area (Å²) in [6.45, 7) is 2.32. The molecule has 1 fully saturated rings. The van der Waals surface area contributed by atoms with E-state index in [9.17, 15) is 14.3 Å². The summed E-state index contributed by atoms with van der Waals surface area (Å²) in [5.41, 5.74) is 1.17. The normalized spacial score (nSPS) is 17.9. The van der Waals surface area contributed by atoms with Crippen molar-refractivity contribution in [1.29, 1.82) is 0 Å². The zero-order chi connectivity index (χ0) is 19.6. The molecule has 0 bridgehead atoms. The van der Waals surface area contributed by atoms with Crippen molar-refractivity contribution in [3.05, 3.63) is 58.4 Å². The van der Waals surface area contributed by atoms with E-state index in [0.717, 1.165) is 0 Å². The van der Waals surface area contributed by atoms with Gasteiger partial charge in [-0.3, -0.25) is 4.79 Å². The molecule has 1 unspecified atom stereocenters. The molecule has 1 aliphatic rings. The summed E-state index contributed by atoms with van der Waals surface area (Å²) in [6, 6.07) is 9.23. The van der Waals surface area contributed by atoms with E-state index in [-0.39, 0.29) is 17.5 Å². The number of carbonyl (C=O) groups excluding carboxylic acids is 1. The molecule has 0 saturated carbocycles. The summed E-state index contributed by atoms with van der Waals surface area (Å²) in [5.74, 6) is 0.484. The molecule has 0 radical (unpaired) electrons. The van der Waals surface area contributed by atoms with E-state index < -0.39 is 18.0 Å². The van der Waals surface area contributed by atoms with Gasteiger partial charge in [-0.15, -0.1) is 0 Å². The van der Waals surface area contributed by atoms with Crippen molar-refractivity contribution < 1.29 is 23.8 Å². The average molecular weight is 394 g/mol. The first-order valence-electron chi connectivity index (χ1n) is 8.64. The van der Waals surface area contributed by atoms with Crippen LogP contribution in [-0.2, 0) is 11.4 Å². The van der Waals surface area contributed by atoms with E-state index in [1.54, 1.807) is 38.3 Å². The zero-order valence-electron chi connectivity index (χ0n) is 15.1. The van der Waals surface area contributed by atoms with Gasteiger partial charge in [0.15, 0.2) is 0 Å². The van der Waals surface area contributed by atoms with Crippen LogP contribution in [0, 0.1) is 5.82 Å². The van der Waals surface area contributed by atoms with Gasteiger partial charge in [0.1, 0.15) is 30.0 Å². The standard InChI is InChI=1S/C20H21ClFNO4/c1-12(23-8-7-19(24)20(23)25)16-9-13(22)10-18(21)17(16)11-27-15-5-3-14(26-2)4-6-15/h3-6,9-10,12,19,24H,7-8,11H2,1-2H3/t12-,19?/m0/s1. The highest BCUT2D eigenvalue weighted by Crippen LogP contribution is 2.33. The van der Waals surface area contributed by atoms with Crippen LogP contribution in [0.1, 0.15) is 30.5 Å². The van der Waals surface area contributed by atoms with Crippen LogP contribution in [0.3, 0.4) is 0 Å². The quantitative estimate of drug-likeness (QED) is 0.812. The summed E-state index contributed by atoms with van der Waals surface area (Å²) in [5, 5.41) is 9.94. The van der Waals surface area contributed by atoms with Crippen molar-refractivity contribution in [2.24, 2.45) is 0 Å². The first-order chi connectivity index (χ1) is 12.9. The lowest BCUT2D eigenvalue weighted by atomic mass is 10.0. The fourth-order valence-corrected chi connectivity index (χ4v) is 3.48. The molecule has 1 heterocycles. The predicted octanol–water partition coefficient (Wildman–Crippen LogP) is 3.72. The number of nitrogens with zero attached hydrogens (tertiary/aromatic N) is 1. The lowest BCUT2D eigenvalue weighted by molar-refractivity contribution is -0.136. The first kappa shape index (κ1) is 19.5. The lowest BCUT2D eigenvalue weighted by Crippen LogP contribution is -2.32. The molecule has 2 aromatic rings. The maximum atomic E-state index is 14.0. The van der Waals surface area contributed by atoms with Crippen LogP contribution in [0.25, 0.3) is 0 Å². The fourth-order valence-electron chi connectivity index (χ4n) is 3.21. The highest BCUT2D eigenvalue weighted by atomic mass is 35.5. The van der Waals surface area contributed by atoms with Gasteiger partial charge in [0.05, 0.1) is 18.2 Å². The van der Waals surface area contributed by atoms with E-state index in [2.05, 4.69) is 0 Å². The maximum absolute atomic E-state index is 14.0. The Morgan fingerprint density at radius 3 is 2.56 bits per heavy atom. The van der Waals surface area contributed by atoms with Gasteiger partial charge >= 0.3 is 0 Å². The number of hydrogen-bond acceptors (Lipinski definition) is 4. The number of rotatable bonds is 6. The third-order valence-electron chi connectivity index (χ3n) is 4.77. The Balaban J connectivity index is 1.84. The van der Waals surface area contributed by atoms with Crippen LogP contribution in [0.15, 0.2) is 36.4 Å². The van der Waals surface area contributed by atoms with Gasteiger partial charge in [-0.25, -0.2) is 4.39 Å². The Morgan fingerprint density at radius 2 is 1.96 bits per heavy atom. The summed E-state index contributed by atoms with van der Waals surface area (Å²) in [6.07, 6.45) is -0.639. The van der Waals surface area contributed by atoms with Crippen LogP contribution < -0.4 is 9.47 Å². The molecule has 27 heavy (non-hydrogen) atoms. The molecule has 5 nitrogen and oxygen atoms in total. The Morgan fingerprint density at radius 1 is 1.30 bits per heavy atom. The minimum atomic E-state index is -1.00. The summed E-state index contributed by atoms with van der Waals surface area (Å²) >= 11 is 6.27. The Bertz CT molecular complexity index is 827. The molecule has 0 aliphatic carbocycles. The molecule has 0 spiro atoms. The number of halogens is 2. The smallest absolute Gasteiger partial charge is 0.251 e. The van der Waals surface area contributed by atoms with Crippen LogP contribution in [-0.4, -0.2) is 35.7 Å². The molecule has 144 valence electrons. The molecule has 1 amide bonds. The molecule has 2 aromatic carbocycles. The van der Waals surface area contributed by atoms with Gasteiger partial charge in [-0.2, -0.15) is 0 Å². The van der Waals surface area contributed by atoms with E-state index in [4.69, 9.17) is 21.1 Å². The molecule has 0 aromatic heterocycles. The molecular formula is C20H21ClFNO4. The molecule has 1 saturated heterocycles. The lowest BCUT2D eigenvalue weighted by Gasteiger charge is -2.27. The Kier molecular flexibility index (Phi) is 5.87. The number of benzene rings is 2. The second-order valence-corrected chi connectivity index (χ2v) is 6.84. The van der Waals surface area contributed by atoms with E-state index >= 15 is 0 Å². The number of ether oxygens (including phenoxy) is 2. The summed E-state index contributed by atoms with van der Waals surface area (Å²) in [7, 11) is 1.58. The highest BCUT2D eigenvalue weighted by molar-refractivity contribution is 6.31. The van der Waals surface area contributed by atoms with Gasteiger partial charge in [0.2, 0.25) is 0 Å². The topological polar surface area (TPSA) is 59.0 Å². The molecule has 1 aliphatic heterocycles. The molecule has 7 heteroatoms. The van der Waals surface area contributed by atoms with Crippen molar-refractivity contribution in [3.8, 4) is 11.5 Å². The number of likely N-dealkylation sites (tertiary alicyclic amines) is 1. The number of aliphatic hydroxyl groups is 1. The van der Waals surface area contributed by atoms with Gasteiger partial charge in [0, 0.05) is 12.1 Å². The number of carbonyl (C=O) groups is 1. The predicted molar refractivity (Wildman–Crippen MR) is 99.5 cm³/mol. The van der Waals surface area contributed by atoms with Gasteiger partial charge in [0.25, 0.3) is 5.91 Å². The molecule has 2 atom stereocenters. The second kappa shape index (κ2) is 8.15. The van der Waals surface area contributed by atoms with Crippen molar-refractivity contribution in [3.63, 3.8) is 0 Å². The molecular weight excluding hydrogens is 373 g/mol. The van der Waals surface area contributed by atoms with Crippen molar-refractivity contribution in [2.45, 2.75) is 32.1 Å². The average Bonchev–Trinajstić information content (AvgIpc) is 2.99.